The Balaban J connectivity index is 2.46. The standard InChI is InChI=1S/C14H17NO4/c1-9-15-11-5-4-10(8-12(11)19-9)14(2,13(16)17)6-7-18-3/h4-5,8H,6-7H2,1-3H3,(H,16,17). The minimum Gasteiger partial charge on any atom is -0.481 e. The average Bonchev–Trinajstić information content (AvgIpc) is 2.74. The molecule has 0 aliphatic heterocycles. The number of aryl methyl sites for hydroxylation is 1. The third kappa shape index (κ3) is 2.46. The topological polar surface area (TPSA) is 72.6 Å². The summed E-state index contributed by atoms with van der Waals surface area (Å²) in [5.74, 6) is -0.304. The Morgan fingerprint density at radius 3 is 2.89 bits per heavy atom. The van der Waals surface area contributed by atoms with Crippen LogP contribution in [0.5, 0.6) is 0 Å². The van der Waals surface area contributed by atoms with Crippen molar-refractivity contribution < 1.29 is 19.1 Å². The number of carboxylic acid groups (broad SMARTS) is 1. The fourth-order valence-corrected chi connectivity index (χ4v) is 2.06. The molecule has 0 saturated heterocycles. The van der Waals surface area contributed by atoms with E-state index in [9.17, 15) is 9.90 Å². The fourth-order valence-electron chi connectivity index (χ4n) is 2.06. The van der Waals surface area contributed by atoms with Crippen molar-refractivity contribution in [3.05, 3.63) is 29.7 Å². The molecule has 0 spiro atoms. The molecule has 19 heavy (non-hydrogen) atoms. The highest BCUT2D eigenvalue weighted by Crippen LogP contribution is 2.30. The van der Waals surface area contributed by atoms with Crippen LogP contribution in [0.3, 0.4) is 0 Å². The van der Waals surface area contributed by atoms with Crippen LogP contribution in [0.1, 0.15) is 24.8 Å². The summed E-state index contributed by atoms with van der Waals surface area (Å²) in [6.45, 7) is 3.84. The molecule has 0 aliphatic rings. The van der Waals surface area contributed by atoms with E-state index in [1.807, 2.05) is 0 Å². The number of fused-ring (bicyclic) bond motifs is 1. The highest BCUT2D eigenvalue weighted by atomic mass is 16.5. The first-order chi connectivity index (χ1) is 8.97. The second-order valence-corrected chi connectivity index (χ2v) is 4.80. The first kappa shape index (κ1) is 13.5. The number of methoxy groups -OCH3 is 1. The predicted molar refractivity (Wildman–Crippen MR) is 70.2 cm³/mol. The number of aromatic nitrogens is 1. The minimum atomic E-state index is -0.995. The summed E-state index contributed by atoms with van der Waals surface area (Å²) in [5.41, 5.74) is 1.05. The van der Waals surface area contributed by atoms with Gasteiger partial charge >= 0.3 is 5.97 Å². The van der Waals surface area contributed by atoms with Crippen LogP contribution in [-0.4, -0.2) is 29.8 Å². The Hall–Kier alpha value is -1.88. The van der Waals surface area contributed by atoms with Gasteiger partial charge in [0.05, 0.1) is 5.41 Å². The number of carboxylic acids is 1. The number of rotatable bonds is 5. The van der Waals surface area contributed by atoms with E-state index >= 15 is 0 Å². The molecule has 0 fully saturated rings. The molecule has 1 aromatic heterocycles. The molecule has 0 aliphatic carbocycles. The van der Waals surface area contributed by atoms with E-state index in [1.54, 1.807) is 39.2 Å². The summed E-state index contributed by atoms with van der Waals surface area (Å²) in [7, 11) is 1.56. The van der Waals surface area contributed by atoms with Gasteiger partial charge in [0.2, 0.25) is 0 Å². The molecule has 0 bridgehead atoms. The summed E-state index contributed by atoms with van der Waals surface area (Å²) in [5, 5.41) is 9.49. The summed E-state index contributed by atoms with van der Waals surface area (Å²) >= 11 is 0. The molecule has 0 radical (unpaired) electrons. The molecule has 2 rings (SSSR count). The van der Waals surface area contributed by atoms with Crippen LogP contribution in [0.15, 0.2) is 22.6 Å². The maximum atomic E-state index is 11.6. The molecule has 0 saturated carbocycles. The Morgan fingerprint density at radius 2 is 2.26 bits per heavy atom. The normalized spacial score (nSPS) is 14.5. The van der Waals surface area contributed by atoms with Crippen molar-refractivity contribution in [3.8, 4) is 0 Å². The summed E-state index contributed by atoms with van der Waals surface area (Å²) in [6, 6.07) is 5.32. The molecular formula is C14H17NO4. The van der Waals surface area contributed by atoms with Crippen molar-refractivity contribution in [2.45, 2.75) is 25.7 Å². The van der Waals surface area contributed by atoms with Crippen LogP contribution in [0.2, 0.25) is 0 Å². The lowest BCUT2D eigenvalue weighted by Crippen LogP contribution is -2.33. The molecular weight excluding hydrogens is 246 g/mol. The van der Waals surface area contributed by atoms with Crippen molar-refractivity contribution in [3.63, 3.8) is 0 Å². The van der Waals surface area contributed by atoms with Gasteiger partial charge in [0.15, 0.2) is 11.5 Å². The quantitative estimate of drug-likeness (QED) is 0.897. The third-order valence-corrected chi connectivity index (χ3v) is 3.41. The van der Waals surface area contributed by atoms with Gasteiger partial charge in [-0.2, -0.15) is 0 Å². The van der Waals surface area contributed by atoms with E-state index in [4.69, 9.17) is 9.15 Å². The molecule has 5 heteroatoms. The number of ether oxygens (including phenoxy) is 1. The van der Waals surface area contributed by atoms with E-state index in [2.05, 4.69) is 4.98 Å². The van der Waals surface area contributed by atoms with E-state index in [0.717, 1.165) is 5.52 Å². The molecule has 1 N–H and O–H groups in total. The number of hydrogen-bond donors (Lipinski definition) is 1. The Bertz CT molecular complexity index is 605. The molecule has 0 amide bonds. The minimum absolute atomic E-state index is 0.385. The second kappa shape index (κ2) is 5.01. The van der Waals surface area contributed by atoms with Crippen molar-refractivity contribution >= 4 is 17.1 Å². The second-order valence-electron chi connectivity index (χ2n) is 4.80. The number of nitrogens with zero attached hydrogens (tertiary/aromatic N) is 1. The molecule has 1 aromatic carbocycles. The van der Waals surface area contributed by atoms with Gasteiger partial charge in [0.1, 0.15) is 5.52 Å². The number of carbonyl (C=O) groups is 1. The summed E-state index contributed by atoms with van der Waals surface area (Å²) < 4.78 is 10.5. The predicted octanol–water partition coefficient (Wildman–Crippen LogP) is 2.52. The average molecular weight is 263 g/mol. The third-order valence-electron chi connectivity index (χ3n) is 3.41. The lowest BCUT2D eigenvalue weighted by atomic mass is 9.79. The van der Waals surface area contributed by atoms with E-state index in [1.165, 1.54) is 0 Å². The van der Waals surface area contributed by atoms with Gasteiger partial charge in [-0.3, -0.25) is 4.79 Å². The molecule has 5 nitrogen and oxygen atoms in total. The SMILES string of the molecule is COCCC(C)(C(=O)O)c1ccc2nc(C)oc2c1. The van der Waals surface area contributed by atoms with Gasteiger partial charge in [-0.15, -0.1) is 0 Å². The van der Waals surface area contributed by atoms with Gasteiger partial charge < -0.3 is 14.3 Å². The zero-order valence-corrected chi connectivity index (χ0v) is 11.3. The van der Waals surface area contributed by atoms with Crippen LogP contribution in [0, 0.1) is 6.92 Å². The lowest BCUT2D eigenvalue weighted by Gasteiger charge is -2.24. The zero-order valence-electron chi connectivity index (χ0n) is 11.3. The number of oxazole rings is 1. The summed E-state index contributed by atoms with van der Waals surface area (Å²) in [6.07, 6.45) is 0.400. The van der Waals surface area contributed by atoms with Crippen LogP contribution in [0.4, 0.5) is 0 Å². The van der Waals surface area contributed by atoms with Crippen molar-refractivity contribution in [1.82, 2.24) is 4.98 Å². The van der Waals surface area contributed by atoms with E-state index in [-0.39, 0.29) is 0 Å². The molecule has 102 valence electrons. The maximum Gasteiger partial charge on any atom is 0.313 e. The maximum absolute atomic E-state index is 11.6. The van der Waals surface area contributed by atoms with E-state index < -0.39 is 11.4 Å². The van der Waals surface area contributed by atoms with Crippen LogP contribution < -0.4 is 0 Å². The Kier molecular flexibility index (Phi) is 3.57. The van der Waals surface area contributed by atoms with Gasteiger partial charge in [0.25, 0.3) is 0 Å². The summed E-state index contributed by atoms with van der Waals surface area (Å²) in [4.78, 5) is 15.8. The monoisotopic (exact) mass is 263 g/mol. The van der Waals surface area contributed by atoms with E-state index in [0.29, 0.717) is 30.1 Å². The van der Waals surface area contributed by atoms with Gasteiger partial charge in [-0.1, -0.05) is 6.07 Å². The first-order valence-electron chi connectivity index (χ1n) is 6.07. The highest BCUT2D eigenvalue weighted by molar-refractivity contribution is 5.83. The van der Waals surface area contributed by atoms with Crippen molar-refractivity contribution in [1.29, 1.82) is 0 Å². The number of aliphatic carboxylic acids is 1. The highest BCUT2D eigenvalue weighted by Gasteiger charge is 2.35. The van der Waals surface area contributed by atoms with Crippen LogP contribution in [0.25, 0.3) is 11.1 Å². The smallest absolute Gasteiger partial charge is 0.313 e. The van der Waals surface area contributed by atoms with Gasteiger partial charge in [-0.05, 0) is 31.0 Å². The van der Waals surface area contributed by atoms with Gasteiger partial charge in [-0.25, -0.2) is 4.98 Å². The molecule has 1 atom stereocenters. The Labute approximate surface area is 111 Å². The van der Waals surface area contributed by atoms with Crippen LogP contribution >= 0.6 is 0 Å². The zero-order chi connectivity index (χ0) is 14.0. The lowest BCUT2D eigenvalue weighted by molar-refractivity contribution is -0.143. The number of hydrogen-bond acceptors (Lipinski definition) is 4. The number of benzene rings is 1. The van der Waals surface area contributed by atoms with Gasteiger partial charge in [0, 0.05) is 20.6 Å². The molecule has 2 aromatic rings. The molecule has 1 heterocycles. The van der Waals surface area contributed by atoms with Crippen molar-refractivity contribution in [2.75, 3.05) is 13.7 Å². The largest absolute Gasteiger partial charge is 0.481 e. The molecule has 1 unspecified atom stereocenters. The fraction of sp³-hybridized carbons (Fsp3) is 0.429. The Morgan fingerprint density at radius 1 is 1.53 bits per heavy atom. The van der Waals surface area contributed by atoms with Crippen molar-refractivity contribution in [2.24, 2.45) is 0 Å². The van der Waals surface area contributed by atoms with Crippen LogP contribution in [-0.2, 0) is 14.9 Å². The first-order valence-corrected chi connectivity index (χ1v) is 6.07.